The van der Waals surface area contributed by atoms with Crippen LogP contribution in [0.2, 0.25) is 0 Å². The van der Waals surface area contributed by atoms with Gasteiger partial charge in [0.1, 0.15) is 18.4 Å². The van der Waals surface area contributed by atoms with Crippen molar-refractivity contribution in [3.05, 3.63) is 99.4 Å². The maximum absolute atomic E-state index is 14.8. The van der Waals surface area contributed by atoms with E-state index in [2.05, 4.69) is 27.9 Å². The van der Waals surface area contributed by atoms with E-state index in [4.69, 9.17) is 0 Å². The van der Waals surface area contributed by atoms with Gasteiger partial charge < -0.3 is 10.2 Å². The molecule has 0 fully saturated rings. The Morgan fingerprint density at radius 3 is 2.23 bits per heavy atom. The first-order valence-corrected chi connectivity index (χ1v) is 15.6. The molecule has 3 aromatic rings. The first-order chi connectivity index (χ1) is 18.6. The number of carbonyl (C=O) groups excluding carboxylic acids is 2. The van der Waals surface area contributed by atoms with Crippen molar-refractivity contribution in [2.45, 2.75) is 38.8 Å². The van der Waals surface area contributed by atoms with Crippen LogP contribution in [0.3, 0.4) is 0 Å². The molecule has 0 saturated heterocycles. The fourth-order valence-electron chi connectivity index (χ4n) is 4.09. The average molecular weight is 666 g/mol. The number of sulfonamides is 1. The summed E-state index contributed by atoms with van der Waals surface area (Å²) < 4.78 is 42.2. The fourth-order valence-corrected chi connectivity index (χ4v) is 5.30. The number of amides is 2. The van der Waals surface area contributed by atoms with Gasteiger partial charge in [-0.25, -0.2) is 12.8 Å². The highest BCUT2D eigenvalue weighted by atomic mass is 127. The Labute approximate surface area is 243 Å². The number of halogens is 2. The highest BCUT2D eigenvalue weighted by molar-refractivity contribution is 14.1. The lowest BCUT2D eigenvalue weighted by Crippen LogP contribution is -2.53. The number of benzene rings is 3. The van der Waals surface area contributed by atoms with Crippen molar-refractivity contribution in [2.24, 2.45) is 0 Å². The first-order valence-electron chi connectivity index (χ1n) is 12.7. The van der Waals surface area contributed by atoms with Crippen LogP contribution in [0.15, 0.2) is 78.9 Å². The normalized spacial score (nSPS) is 12.0. The Morgan fingerprint density at radius 2 is 1.62 bits per heavy atom. The average Bonchev–Trinajstić information content (AvgIpc) is 2.91. The highest BCUT2D eigenvalue weighted by Gasteiger charge is 2.33. The second-order valence-corrected chi connectivity index (χ2v) is 12.4. The number of hydrogen-bond acceptors (Lipinski definition) is 4. The number of hydrogen-bond donors (Lipinski definition) is 1. The molecular weight excluding hydrogens is 632 g/mol. The molecule has 10 heteroatoms. The summed E-state index contributed by atoms with van der Waals surface area (Å²) in [7, 11) is -3.85. The van der Waals surface area contributed by atoms with E-state index in [0.717, 1.165) is 32.5 Å². The summed E-state index contributed by atoms with van der Waals surface area (Å²) in [5.41, 5.74) is 1.37. The molecule has 0 saturated carbocycles. The van der Waals surface area contributed by atoms with Crippen LogP contribution in [-0.4, -0.2) is 50.5 Å². The third-order valence-corrected chi connectivity index (χ3v) is 8.05. The molecule has 1 atom stereocenters. The van der Waals surface area contributed by atoms with Gasteiger partial charge >= 0.3 is 0 Å². The maximum Gasteiger partial charge on any atom is 0.244 e. The SMILES string of the molecule is CCCCNC(=O)C(Cc1ccccc1)N(Cc1ccccc1F)C(=O)CN(c1ccc(I)cc1)S(C)(=O)=O. The number of unbranched alkanes of at least 4 members (excludes halogenated alkanes) is 1. The van der Waals surface area contributed by atoms with Crippen LogP contribution in [0.4, 0.5) is 10.1 Å². The molecular formula is C29H33FIN3O4S. The summed E-state index contributed by atoms with van der Waals surface area (Å²) >= 11 is 2.11. The molecule has 0 radical (unpaired) electrons. The number of rotatable bonds is 13. The summed E-state index contributed by atoms with van der Waals surface area (Å²) in [6, 6.07) is 21.0. The predicted octanol–water partition coefficient (Wildman–Crippen LogP) is 4.75. The summed E-state index contributed by atoms with van der Waals surface area (Å²) in [5.74, 6) is -1.51. The molecule has 39 heavy (non-hydrogen) atoms. The number of anilines is 1. The second-order valence-electron chi connectivity index (χ2n) is 9.21. The van der Waals surface area contributed by atoms with E-state index in [0.29, 0.717) is 12.2 Å². The standard InChI is InChI=1S/C29H33FIN3O4S/c1-3-4-18-32-29(36)27(19-22-10-6-5-7-11-22)33(20-23-12-8-9-13-26(23)30)28(35)21-34(39(2,37)38)25-16-14-24(31)15-17-25/h5-17,27H,3-4,18-21H2,1-2H3,(H,32,36). The molecule has 0 aliphatic heterocycles. The van der Waals surface area contributed by atoms with Crippen LogP contribution in [0, 0.1) is 9.39 Å². The van der Waals surface area contributed by atoms with Crippen molar-refractivity contribution in [1.82, 2.24) is 10.2 Å². The zero-order valence-electron chi connectivity index (χ0n) is 22.0. The monoisotopic (exact) mass is 665 g/mol. The maximum atomic E-state index is 14.8. The van der Waals surface area contributed by atoms with Gasteiger partial charge in [-0.2, -0.15) is 0 Å². The highest BCUT2D eigenvalue weighted by Crippen LogP contribution is 2.22. The molecule has 0 spiro atoms. The van der Waals surface area contributed by atoms with E-state index in [9.17, 15) is 22.4 Å². The van der Waals surface area contributed by atoms with Gasteiger partial charge in [0, 0.05) is 28.6 Å². The second kappa shape index (κ2) is 14.4. The van der Waals surface area contributed by atoms with Gasteiger partial charge in [-0.05, 0) is 64.9 Å². The van der Waals surface area contributed by atoms with Crippen molar-refractivity contribution in [1.29, 1.82) is 0 Å². The molecule has 3 rings (SSSR count). The Bertz CT molecular complexity index is 1350. The van der Waals surface area contributed by atoms with Gasteiger partial charge in [0.2, 0.25) is 21.8 Å². The van der Waals surface area contributed by atoms with Gasteiger partial charge in [0.05, 0.1) is 11.9 Å². The Hall–Kier alpha value is -2.99. The van der Waals surface area contributed by atoms with Crippen molar-refractivity contribution in [3.8, 4) is 0 Å². The molecule has 0 aliphatic carbocycles. The summed E-state index contributed by atoms with van der Waals surface area (Å²) in [6.07, 6.45) is 2.85. The molecule has 0 heterocycles. The van der Waals surface area contributed by atoms with Crippen molar-refractivity contribution in [2.75, 3.05) is 23.7 Å². The topological polar surface area (TPSA) is 86.8 Å². The lowest BCUT2D eigenvalue weighted by molar-refractivity contribution is -0.140. The van der Waals surface area contributed by atoms with Crippen LogP contribution < -0.4 is 9.62 Å². The van der Waals surface area contributed by atoms with Crippen LogP contribution in [0.1, 0.15) is 30.9 Å². The van der Waals surface area contributed by atoms with Crippen LogP contribution in [0.25, 0.3) is 0 Å². The zero-order chi connectivity index (χ0) is 28.4. The molecule has 208 valence electrons. The van der Waals surface area contributed by atoms with E-state index in [1.54, 1.807) is 42.5 Å². The largest absolute Gasteiger partial charge is 0.354 e. The van der Waals surface area contributed by atoms with Crippen LogP contribution in [0.5, 0.6) is 0 Å². The van der Waals surface area contributed by atoms with E-state index < -0.39 is 34.3 Å². The molecule has 0 aliphatic rings. The Kier molecular flexibility index (Phi) is 11.3. The summed E-state index contributed by atoms with van der Waals surface area (Å²) in [4.78, 5) is 28.7. The molecule has 2 amide bonds. The molecule has 1 unspecified atom stereocenters. The van der Waals surface area contributed by atoms with E-state index in [-0.39, 0.29) is 24.4 Å². The fraction of sp³-hybridized carbons (Fsp3) is 0.310. The van der Waals surface area contributed by atoms with E-state index >= 15 is 0 Å². The van der Waals surface area contributed by atoms with E-state index in [1.807, 2.05) is 37.3 Å². The van der Waals surface area contributed by atoms with Gasteiger partial charge in [-0.1, -0.05) is 61.9 Å². The minimum Gasteiger partial charge on any atom is -0.354 e. The molecule has 0 bridgehead atoms. The van der Waals surface area contributed by atoms with Crippen LogP contribution in [-0.2, 0) is 32.6 Å². The van der Waals surface area contributed by atoms with Gasteiger partial charge in [0.15, 0.2) is 0 Å². The van der Waals surface area contributed by atoms with Crippen molar-refractivity contribution < 1.29 is 22.4 Å². The lowest BCUT2D eigenvalue weighted by Gasteiger charge is -2.33. The van der Waals surface area contributed by atoms with Gasteiger partial charge in [0.25, 0.3) is 0 Å². The molecule has 7 nitrogen and oxygen atoms in total. The molecule has 1 N–H and O–H groups in total. The predicted molar refractivity (Wildman–Crippen MR) is 160 cm³/mol. The third-order valence-electron chi connectivity index (χ3n) is 6.19. The first kappa shape index (κ1) is 30.6. The summed E-state index contributed by atoms with van der Waals surface area (Å²) in [6.45, 7) is 1.70. The number of carbonyl (C=O) groups is 2. The number of nitrogens with zero attached hydrogens (tertiary/aromatic N) is 2. The Morgan fingerprint density at radius 1 is 0.974 bits per heavy atom. The van der Waals surface area contributed by atoms with Crippen LogP contribution >= 0.6 is 22.6 Å². The van der Waals surface area contributed by atoms with Gasteiger partial charge in [-0.3, -0.25) is 13.9 Å². The minimum absolute atomic E-state index is 0.182. The lowest BCUT2D eigenvalue weighted by atomic mass is 10.0. The smallest absolute Gasteiger partial charge is 0.244 e. The van der Waals surface area contributed by atoms with Crippen molar-refractivity contribution in [3.63, 3.8) is 0 Å². The van der Waals surface area contributed by atoms with Crippen molar-refractivity contribution >= 4 is 50.1 Å². The molecule has 0 aromatic heterocycles. The molecule has 3 aromatic carbocycles. The van der Waals surface area contributed by atoms with E-state index in [1.165, 1.54) is 11.0 Å². The van der Waals surface area contributed by atoms with Gasteiger partial charge in [-0.15, -0.1) is 0 Å². The quantitative estimate of drug-likeness (QED) is 0.211. The third kappa shape index (κ3) is 9.03. The Balaban J connectivity index is 2.03. The summed E-state index contributed by atoms with van der Waals surface area (Å²) in [5, 5.41) is 2.90. The zero-order valence-corrected chi connectivity index (χ0v) is 25.0. The minimum atomic E-state index is -3.85. The number of nitrogens with one attached hydrogen (secondary N) is 1.